The van der Waals surface area contributed by atoms with Crippen molar-refractivity contribution in [3.8, 4) is 0 Å². The van der Waals surface area contributed by atoms with Crippen LogP contribution in [-0.2, 0) is 9.59 Å². The van der Waals surface area contributed by atoms with Crippen LogP contribution >= 0.6 is 0 Å². The number of nitro groups is 1. The number of carbonyl (C=O) groups excluding carboxylic acids is 2. The van der Waals surface area contributed by atoms with Crippen molar-refractivity contribution in [1.29, 1.82) is 5.41 Å². The average Bonchev–Trinajstić information content (AvgIpc) is 2.66. The fourth-order valence-corrected chi connectivity index (χ4v) is 2.94. The maximum atomic E-state index is 12.7. The van der Waals surface area contributed by atoms with Crippen LogP contribution in [0.25, 0.3) is 0 Å². The Balaban J connectivity index is 4.86. The molecule has 2 atom stereocenters. The molecule has 0 fully saturated rings. The van der Waals surface area contributed by atoms with Crippen molar-refractivity contribution >= 4 is 24.9 Å². The monoisotopic (exact) mass is 444 g/mol. The molecule has 0 aromatic heterocycles. The predicted molar refractivity (Wildman–Crippen MR) is 117 cm³/mol. The van der Waals surface area contributed by atoms with E-state index in [1.165, 1.54) is 0 Å². The highest BCUT2D eigenvalue weighted by molar-refractivity contribution is 6.43. The van der Waals surface area contributed by atoms with Gasteiger partial charge in [-0.25, -0.2) is 10.1 Å². The molecule has 2 amide bonds. The van der Waals surface area contributed by atoms with E-state index in [9.17, 15) is 29.8 Å². The van der Waals surface area contributed by atoms with E-state index in [2.05, 4.69) is 22.9 Å². The topological polar surface area (TPSA) is 190 Å². The van der Waals surface area contributed by atoms with Gasteiger partial charge in [0.15, 0.2) is 5.03 Å². The van der Waals surface area contributed by atoms with Gasteiger partial charge in [0, 0.05) is 13.0 Å². The Morgan fingerprint density at radius 1 is 1.13 bits per heavy atom. The number of hydrogen-bond donors (Lipinski definition) is 7. The second-order valence-electron chi connectivity index (χ2n) is 7.90. The molecule has 0 aromatic carbocycles. The normalized spacial score (nSPS) is 12.6. The van der Waals surface area contributed by atoms with Gasteiger partial charge >= 0.3 is 7.12 Å². The van der Waals surface area contributed by atoms with Gasteiger partial charge in [-0.15, -0.1) is 0 Å². The SMILES string of the molecule is CCCCCCC(=O)N[C@@H](CCCNC(=N)N[N+](=O)[O-])C(=O)N[C@@H](CC(C)C)B(O)O. The summed E-state index contributed by atoms with van der Waals surface area (Å²) >= 11 is 0. The van der Waals surface area contributed by atoms with E-state index in [1.54, 1.807) is 5.43 Å². The fraction of sp³-hybridized carbons (Fsp3) is 0.833. The van der Waals surface area contributed by atoms with Crippen molar-refractivity contribution in [2.24, 2.45) is 5.92 Å². The van der Waals surface area contributed by atoms with Crippen LogP contribution in [0.5, 0.6) is 0 Å². The van der Waals surface area contributed by atoms with Crippen LogP contribution in [-0.4, -0.2) is 58.5 Å². The molecule has 0 radical (unpaired) electrons. The molecule has 178 valence electrons. The molecule has 0 aromatic rings. The summed E-state index contributed by atoms with van der Waals surface area (Å²) in [6.45, 7) is 6.01. The van der Waals surface area contributed by atoms with Gasteiger partial charge in [0.25, 0.3) is 5.96 Å². The van der Waals surface area contributed by atoms with E-state index >= 15 is 0 Å². The smallest absolute Gasteiger partial charge is 0.426 e. The van der Waals surface area contributed by atoms with Crippen molar-refractivity contribution in [1.82, 2.24) is 21.4 Å². The summed E-state index contributed by atoms with van der Waals surface area (Å²) in [5.41, 5.74) is 1.67. The minimum Gasteiger partial charge on any atom is -0.426 e. The number of amides is 2. The average molecular weight is 444 g/mol. The Bertz CT molecular complexity index is 578. The summed E-state index contributed by atoms with van der Waals surface area (Å²) in [5, 5.41) is 43.7. The highest BCUT2D eigenvalue weighted by Gasteiger charge is 2.29. The van der Waals surface area contributed by atoms with E-state index in [0.29, 0.717) is 19.3 Å². The zero-order valence-corrected chi connectivity index (χ0v) is 18.6. The molecule has 7 N–H and O–H groups in total. The summed E-state index contributed by atoms with van der Waals surface area (Å²) in [6.07, 6.45) is 4.89. The summed E-state index contributed by atoms with van der Waals surface area (Å²) in [7, 11) is -1.73. The van der Waals surface area contributed by atoms with Crippen LogP contribution in [0, 0.1) is 21.4 Å². The van der Waals surface area contributed by atoms with E-state index < -0.39 is 36.0 Å². The summed E-state index contributed by atoms with van der Waals surface area (Å²) in [5.74, 6) is -2.03. The molecule has 0 bridgehead atoms. The Morgan fingerprint density at radius 2 is 1.81 bits per heavy atom. The maximum absolute atomic E-state index is 12.7. The van der Waals surface area contributed by atoms with Gasteiger partial charge in [-0.3, -0.25) is 15.0 Å². The number of rotatable bonds is 16. The Morgan fingerprint density at radius 3 is 2.35 bits per heavy atom. The third kappa shape index (κ3) is 15.1. The van der Waals surface area contributed by atoms with Crippen molar-refractivity contribution < 1.29 is 24.7 Å². The van der Waals surface area contributed by atoms with Crippen LogP contribution in [0.3, 0.4) is 0 Å². The first kappa shape index (κ1) is 28.6. The zero-order valence-electron chi connectivity index (χ0n) is 18.6. The molecule has 31 heavy (non-hydrogen) atoms. The lowest BCUT2D eigenvalue weighted by atomic mass is 9.75. The number of nitrogens with one attached hydrogen (secondary N) is 5. The molecule has 0 heterocycles. The van der Waals surface area contributed by atoms with Gasteiger partial charge in [-0.1, -0.05) is 45.5 Å². The van der Waals surface area contributed by atoms with Gasteiger partial charge in [-0.05, 0) is 31.6 Å². The summed E-state index contributed by atoms with van der Waals surface area (Å²) < 4.78 is 0. The molecule has 0 aliphatic rings. The maximum Gasteiger partial charge on any atom is 0.475 e. The minimum absolute atomic E-state index is 0.114. The number of unbranched alkanes of at least 4 members (excludes halogenated alkanes) is 3. The lowest BCUT2D eigenvalue weighted by molar-refractivity contribution is -0.525. The van der Waals surface area contributed by atoms with Crippen LogP contribution in [0.2, 0.25) is 0 Å². The Hall–Kier alpha value is -2.41. The summed E-state index contributed by atoms with van der Waals surface area (Å²) in [4.78, 5) is 35.3. The molecule has 13 heteroatoms. The number of hydrogen-bond acceptors (Lipinski definition) is 7. The Labute approximate surface area is 183 Å². The quantitative estimate of drug-likeness (QED) is 0.0434. The molecule has 0 saturated carbocycles. The minimum atomic E-state index is -1.73. The first-order valence-electron chi connectivity index (χ1n) is 10.8. The molecule has 0 spiro atoms. The number of carbonyl (C=O) groups is 2. The van der Waals surface area contributed by atoms with Gasteiger partial charge in [0.1, 0.15) is 6.04 Å². The van der Waals surface area contributed by atoms with Gasteiger partial charge in [0.2, 0.25) is 11.8 Å². The van der Waals surface area contributed by atoms with E-state index in [-0.39, 0.29) is 31.2 Å². The summed E-state index contributed by atoms with van der Waals surface area (Å²) in [6, 6.07) is -0.897. The lowest BCUT2D eigenvalue weighted by Crippen LogP contribution is -2.54. The molecule has 0 rings (SSSR count). The molecular weight excluding hydrogens is 407 g/mol. The van der Waals surface area contributed by atoms with Gasteiger partial charge in [-0.2, -0.15) is 0 Å². The van der Waals surface area contributed by atoms with Crippen molar-refractivity contribution in [3.63, 3.8) is 0 Å². The standard InChI is InChI=1S/C18H37BN6O6/c1-4-5-6-7-10-16(26)22-14(9-8-11-21-18(20)24-25(30)31)17(27)23-15(19(28)29)12-13(2)3/h13-15,28-29H,4-12H2,1-3H3,(H,22,26)(H,23,27)(H3,20,21,24)/t14-,15-/m0/s1. The highest BCUT2D eigenvalue weighted by Crippen LogP contribution is 2.08. The predicted octanol–water partition coefficient (Wildman–Crippen LogP) is 0.0704. The first-order valence-corrected chi connectivity index (χ1v) is 10.8. The number of hydrazine groups is 1. The molecule has 0 unspecified atom stereocenters. The fourth-order valence-electron chi connectivity index (χ4n) is 2.94. The van der Waals surface area contributed by atoms with Gasteiger partial charge < -0.3 is 26.0 Å². The lowest BCUT2D eigenvalue weighted by Gasteiger charge is -2.24. The first-order chi connectivity index (χ1) is 14.6. The van der Waals surface area contributed by atoms with Crippen LogP contribution in [0.1, 0.15) is 72.1 Å². The molecule has 0 saturated heterocycles. The van der Waals surface area contributed by atoms with E-state index in [0.717, 1.165) is 19.3 Å². The third-order valence-corrected chi connectivity index (χ3v) is 4.50. The van der Waals surface area contributed by atoms with Crippen molar-refractivity contribution in [2.45, 2.75) is 84.1 Å². The van der Waals surface area contributed by atoms with E-state index in [4.69, 9.17) is 5.41 Å². The Kier molecular flexibility index (Phi) is 15.0. The third-order valence-electron chi connectivity index (χ3n) is 4.50. The highest BCUT2D eigenvalue weighted by atomic mass is 16.7. The second kappa shape index (κ2) is 16.3. The molecule has 0 aliphatic carbocycles. The van der Waals surface area contributed by atoms with Crippen LogP contribution in [0.15, 0.2) is 0 Å². The largest absolute Gasteiger partial charge is 0.475 e. The zero-order chi connectivity index (χ0) is 23.8. The van der Waals surface area contributed by atoms with E-state index in [1.807, 2.05) is 13.8 Å². The molecule has 12 nitrogen and oxygen atoms in total. The second-order valence-corrected chi connectivity index (χ2v) is 7.90. The number of nitrogens with zero attached hydrogens (tertiary/aromatic N) is 1. The van der Waals surface area contributed by atoms with Crippen molar-refractivity contribution in [3.05, 3.63) is 10.1 Å². The van der Waals surface area contributed by atoms with Crippen LogP contribution < -0.4 is 21.4 Å². The van der Waals surface area contributed by atoms with Gasteiger partial charge in [0.05, 0.1) is 5.94 Å². The molecule has 0 aliphatic heterocycles. The molecular formula is C18H37BN6O6. The van der Waals surface area contributed by atoms with Crippen molar-refractivity contribution in [2.75, 3.05) is 6.54 Å². The van der Waals surface area contributed by atoms with Crippen LogP contribution in [0.4, 0.5) is 0 Å². The number of guanidine groups is 1.